The number of aliphatic hydroxyl groups excluding tert-OH is 2. The zero-order valence-corrected chi connectivity index (χ0v) is 11.4. The van der Waals surface area contributed by atoms with Gasteiger partial charge < -0.3 is 25.3 Å². The summed E-state index contributed by atoms with van der Waals surface area (Å²) < 4.78 is 4.62. The Kier molecular flexibility index (Phi) is 4.56. The summed E-state index contributed by atoms with van der Waals surface area (Å²) in [5.74, 6) is -0.906. The van der Waals surface area contributed by atoms with Crippen LogP contribution in [-0.4, -0.2) is 53.4 Å². The number of carbonyl (C=O) groups is 2. The van der Waals surface area contributed by atoms with Crippen molar-refractivity contribution in [3.8, 4) is 0 Å². The van der Waals surface area contributed by atoms with E-state index in [9.17, 15) is 9.59 Å². The maximum Gasteiger partial charge on any atom is 0.354 e. The molecule has 2 aromatic rings. The fraction of sp³-hybridized carbons (Fsp3) is 0.286. The molecule has 1 aromatic heterocycles. The van der Waals surface area contributed by atoms with Gasteiger partial charge in [0.25, 0.3) is 5.91 Å². The van der Waals surface area contributed by atoms with Crippen molar-refractivity contribution in [3.63, 3.8) is 0 Å². The van der Waals surface area contributed by atoms with Crippen molar-refractivity contribution in [1.29, 1.82) is 0 Å². The van der Waals surface area contributed by atoms with Gasteiger partial charge in [0.1, 0.15) is 5.69 Å². The number of H-pyrrole nitrogens is 1. The third-order valence-corrected chi connectivity index (χ3v) is 3.07. The van der Waals surface area contributed by atoms with Crippen molar-refractivity contribution < 1.29 is 24.5 Å². The van der Waals surface area contributed by atoms with Crippen LogP contribution in [0.1, 0.15) is 20.8 Å². The van der Waals surface area contributed by atoms with Crippen LogP contribution in [0.4, 0.5) is 0 Å². The highest BCUT2D eigenvalue weighted by Gasteiger charge is 2.14. The molecule has 1 aromatic carbocycles. The number of nitrogens with one attached hydrogen (secondary N) is 2. The molecule has 0 unspecified atom stereocenters. The molecular formula is C14H16N2O5. The first-order valence-corrected chi connectivity index (χ1v) is 6.32. The fourth-order valence-electron chi connectivity index (χ4n) is 1.91. The lowest BCUT2D eigenvalue weighted by molar-refractivity contribution is 0.0595. The van der Waals surface area contributed by atoms with E-state index in [1.807, 2.05) is 0 Å². The topological polar surface area (TPSA) is 112 Å². The van der Waals surface area contributed by atoms with Crippen LogP contribution in [0.3, 0.4) is 0 Å². The van der Waals surface area contributed by atoms with Gasteiger partial charge >= 0.3 is 5.97 Å². The predicted molar refractivity (Wildman–Crippen MR) is 75.1 cm³/mol. The Labute approximate surface area is 120 Å². The molecule has 112 valence electrons. The van der Waals surface area contributed by atoms with Gasteiger partial charge in [-0.15, -0.1) is 0 Å². The molecule has 0 aliphatic heterocycles. The zero-order valence-electron chi connectivity index (χ0n) is 11.4. The number of aliphatic hydroxyl groups is 2. The zero-order chi connectivity index (χ0) is 15.4. The summed E-state index contributed by atoms with van der Waals surface area (Å²) in [5, 5.41) is 21.2. The summed E-state index contributed by atoms with van der Waals surface area (Å²) >= 11 is 0. The lowest BCUT2D eigenvalue weighted by atomic mass is 10.1. The van der Waals surface area contributed by atoms with Gasteiger partial charge in [-0.05, 0) is 18.2 Å². The third kappa shape index (κ3) is 3.21. The first-order chi connectivity index (χ1) is 10.1. The van der Waals surface area contributed by atoms with E-state index in [2.05, 4.69) is 15.0 Å². The molecule has 0 saturated carbocycles. The lowest BCUT2D eigenvalue weighted by Gasteiger charge is -2.13. The number of hydrogen-bond acceptors (Lipinski definition) is 5. The number of benzene rings is 1. The predicted octanol–water partition coefficient (Wildman–Crippen LogP) is 0.0375. The molecule has 0 saturated heterocycles. The minimum absolute atomic E-state index is 0.300. The first kappa shape index (κ1) is 15.0. The lowest BCUT2D eigenvalue weighted by Crippen LogP contribution is -2.40. The number of aromatic nitrogens is 1. The van der Waals surface area contributed by atoms with Crippen molar-refractivity contribution in [2.45, 2.75) is 6.04 Å². The van der Waals surface area contributed by atoms with Crippen molar-refractivity contribution in [2.75, 3.05) is 20.3 Å². The van der Waals surface area contributed by atoms with Crippen molar-refractivity contribution in [3.05, 3.63) is 35.5 Å². The summed E-state index contributed by atoms with van der Waals surface area (Å²) in [7, 11) is 1.29. The molecule has 1 heterocycles. The molecule has 0 aliphatic rings. The van der Waals surface area contributed by atoms with Crippen LogP contribution in [0.25, 0.3) is 10.9 Å². The second kappa shape index (κ2) is 6.38. The van der Waals surface area contributed by atoms with Crippen LogP contribution in [-0.2, 0) is 4.74 Å². The smallest absolute Gasteiger partial charge is 0.354 e. The molecule has 0 atom stereocenters. The number of methoxy groups -OCH3 is 1. The van der Waals surface area contributed by atoms with Gasteiger partial charge in [0.05, 0.1) is 26.4 Å². The average Bonchev–Trinajstić information content (AvgIpc) is 2.94. The number of ether oxygens (including phenoxy) is 1. The largest absolute Gasteiger partial charge is 0.464 e. The van der Waals surface area contributed by atoms with Crippen molar-refractivity contribution >= 4 is 22.8 Å². The molecule has 2 rings (SSSR count). The molecule has 0 fully saturated rings. The quantitative estimate of drug-likeness (QED) is 0.581. The fourth-order valence-corrected chi connectivity index (χ4v) is 1.91. The van der Waals surface area contributed by atoms with Gasteiger partial charge in [-0.1, -0.05) is 6.07 Å². The minimum Gasteiger partial charge on any atom is -0.464 e. The van der Waals surface area contributed by atoms with Gasteiger partial charge in [-0.2, -0.15) is 0 Å². The summed E-state index contributed by atoms with van der Waals surface area (Å²) in [6.07, 6.45) is 0. The number of amides is 1. The molecule has 4 N–H and O–H groups in total. The van der Waals surface area contributed by atoms with Gasteiger partial charge in [0, 0.05) is 16.5 Å². The number of esters is 1. The minimum atomic E-state index is -0.706. The number of hydrogen-bond donors (Lipinski definition) is 4. The summed E-state index contributed by atoms with van der Waals surface area (Å²) in [6.45, 7) is -0.695. The van der Waals surface area contributed by atoms with E-state index in [0.717, 1.165) is 5.39 Å². The van der Waals surface area contributed by atoms with Crippen LogP contribution in [0.5, 0.6) is 0 Å². The molecule has 0 aliphatic carbocycles. The van der Waals surface area contributed by atoms with Gasteiger partial charge in [-0.25, -0.2) is 4.79 Å². The summed E-state index contributed by atoms with van der Waals surface area (Å²) in [6, 6.07) is 5.80. The normalized spacial score (nSPS) is 10.9. The van der Waals surface area contributed by atoms with E-state index in [-0.39, 0.29) is 13.2 Å². The number of aromatic amines is 1. The highest BCUT2D eigenvalue weighted by molar-refractivity contribution is 6.00. The third-order valence-electron chi connectivity index (χ3n) is 3.07. The Morgan fingerprint density at radius 1 is 1.29 bits per heavy atom. The van der Waals surface area contributed by atoms with E-state index < -0.39 is 17.9 Å². The first-order valence-electron chi connectivity index (χ1n) is 6.32. The number of fused-ring (bicyclic) bond motifs is 1. The standard InChI is InChI=1S/C14H16N2O5/c1-21-14(20)12-4-8-2-3-9(5-11(8)16-12)13(19)15-10(6-17)7-18/h2-5,10,16-18H,6-7H2,1H3,(H,15,19). The van der Waals surface area contributed by atoms with E-state index >= 15 is 0 Å². The highest BCUT2D eigenvalue weighted by atomic mass is 16.5. The molecular weight excluding hydrogens is 276 g/mol. The molecule has 0 radical (unpaired) electrons. The Hall–Kier alpha value is -2.38. The number of rotatable bonds is 5. The second-order valence-corrected chi connectivity index (χ2v) is 4.51. The van der Waals surface area contributed by atoms with Crippen molar-refractivity contribution in [1.82, 2.24) is 10.3 Å². The Bertz CT molecular complexity index is 660. The monoisotopic (exact) mass is 292 g/mol. The molecule has 21 heavy (non-hydrogen) atoms. The number of carbonyl (C=O) groups excluding carboxylic acids is 2. The maximum absolute atomic E-state index is 12.0. The molecule has 7 nitrogen and oxygen atoms in total. The maximum atomic E-state index is 12.0. The summed E-state index contributed by atoms with van der Waals surface area (Å²) in [5.41, 5.74) is 1.27. The second-order valence-electron chi connectivity index (χ2n) is 4.51. The molecule has 0 spiro atoms. The Morgan fingerprint density at radius 3 is 2.62 bits per heavy atom. The molecule has 7 heteroatoms. The van der Waals surface area contributed by atoms with Gasteiger partial charge in [-0.3, -0.25) is 4.79 Å². The van der Waals surface area contributed by atoms with E-state index in [1.165, 1.54) is 7.11 Å². The SMILES string of the molecule is COC(=O)c1cc2ccc(C(=O)NC(CO)CO)cc2[nH]1. The van der Waals surface area contributed by atoms with Crippen LogP contribution in [0, 0.1) is 0 Å². The van der Waals surface area contributed by atoms with Gasteiger partial charge in [0.15, 0.2) is 0 Å². The van der Waals surface area contributed by atoms with Crippen molar-refractivity contribution in [2.24, 2.45) is 0 Å². The average molecular weight is 292 g/mol. The van der Waals surface area contributed by atoms with E-state index in [0.29, 0.717) is 16.8 Å². The van der Waals surface area contributed by atoms with Crippen LogP contribution in [0.15, 0.2) is 24.3 Å². The summed E-state index contributed by atoms with van der Waals surface area (Å²) in [4.78, 5) is 26.3. The van der Waals surface area contributed by atoms with Crippen LogP contribution in [0.2, 0.25) is 0 Å². The van der Waals surface area contributed by atoms with E-state index in [1.54, 1.807) is 24.3 Å². The molecule has 0 bridgehead atoms. The Balaban J connectivity index is 2.26. The van der Waals surface area contributed by atoms with Gasteiger partial charge in [0.2, 0.25) is 0 Å². The van der Waals surface area contributed by atoms with Crippen LogP contribution < -0.4 is 5.32 Å². The highest BCUT2D eigenvalue weighted by Crippen LogP contribution is 2.18. The molecule has 1 amide bonds. The Morgan fingerprint density at radius 2 is 2.00 bits per heavy atom. The van der Waals surface area contributed by atoms with E-state index in [4.69, 9.17) is 10.2 Å². The van der Waals surface area contributed by atoms with Crippen LogP contribution >= 0.6 is 0 Å².